The summed E-state index contributed by atoms with van der Waals surface area (Å²) in [6, 6.07) is 0. The van der Waals surface area contributed by atoms with Crippen LogP contribution in [0.5, 0.6) is 0 Å². The average Bonchev–Trinajstić information content (AvgIpc) is 3.07. The molecule has 0 fully saturated rings. The minimum absolute atomic E-state index is 0.0323. The second-order valence-corrected chi connectivity index (χ2v) is 14.2. The van der Waals surface area contributed by atoms with E-state index in [1.54, 1.807) is 0 Å². The Morgan fingerprint density at radius 2 is 0.830 bits per heavy atom. The number of aliphatic hydroxyl groups is 1. The van der Waals surface area contributed by atoms with Gasteiger partial charge in [0.25, 0.3) is 0 Å². The predicted octanol–water partition coefficient (Wildman–Crippen LogP) is 11.0. The zero-order chi connectivity index (χ0) is 34.5. The summed E-state index contributed by atoms with van der Waals surface area (Å²) in [5, 5.41) is 9.56. The number of hydrogen-bond acceptors (Lipinski definition) is 5. The highest BCUT2D eigenvalue weighted by Gasteiger charge is 2.13. The van der Waals surface area contributed by atoms with Crippen molar-refractivity contribution in [2.45, 2.75) is 207 Å². The molecule has 0 aromatic rings. The van der Waals surface area contributed by atoms with Crippen LogP contribution in [0, 0.1) is 0 Å². The third-order valence-electron chi connectivity index (χ3n) is 9.56. The molecule has 0 aromatic heterocycles. The van der Waals surface area contributed by atoms with Crippen molar-refractivity contribution in [3.63, 3.8) is 0 Å². The molecule has 0 aliphatic rings. The summed E-state index contributed by atoms with van der Waals surface area (Å²) in [6.07, 6.45) is 33.7. The molecule has 0 atom stereocenters. The lowest BCUT2D eigenvalue weighted by molar-refractivity contribution is -0.144. The molecule has 0 spiro atoms. The van der Waals surface area contributed by atoms with Crippen molar-refractivity contribution >= 4 is 11.9 Å². The Labute approximate surface area is 293 Å². The van der Waals surface area contributed by atoms with Crippen molar-refractivity contribution in [1.82, 2.24) is 9.80 Å². The Bertz CT molecular complexity index is 643. The first-order chi connectivity index (χ1) is 23.1. The first-order valence-electron chi connectivity index (χ1n) is 20.9. The average molecular weight is 667 g/mol. The zero-order valence-electron chi connectivity index (χ0n) is 32.0. The number of unbranched alkanes of at least 4 members (excludes halogenated alkanes) is 22. The minimum atomic E-state index is -0.0323. The molecule has 6 heteroatoms. The van der Waals surface area contributed by atoms with Crippen molar-refractivity contribution in [3.8, 4) is 0 Å². The first kappa shape index (κ1) is 45.9. The van der Waals surface area contributed by atoms with Gasteiger partial charge in [0, 0.05) is 32.5 Å². The quantitative estimate of drug-likeness (QED) is 0.0524. The number of nitrogens with zero attached hydrogens (tertiary/aromatic N) is 2. The van der Waals surface area contributed by atoms with Crippen molar-refractivity contribution in [3.05, 3.63) is 0 Å². The maximum absolute atomic E-state index is 13.1. The molecule has 0 radical (unpaired) electrons. The van der Waals surface area contributed by atoms with Crippen molar-refractivity contribution < 1.29 is 19.4 Å². The molecule has 0 saturated heterocycles. The predicted molar refractivity (Wildman–Crippen MR) is 202 cm³/mol. The number of hydrogen-bond donors (Lipinski definition) is 1. The number of ether oxygens (including phenoxy) is 1. The Morgan fingerprint density at radius 3 is 1.32 bits per heavy atom. The lowest BCUT2D eigenvalue weighted by atomic mass is 10.1. The molecule has 1 amide bonds. The van der Waals surface area contributed by atoms with Gasteiger partial charge < -0.3 is 19.6 Å². The van der Waals surface area contributed by atoms with E-state index in [9.17, 15) is 14.7 Å². The third-order valence-corrected chi connectivity index (χ3v) is 9.56. The van der Waals surface area contributed by atoms with Crippen LogP contribution in [0.1, 0.15) is 207 Å². The standard InChI is InChI=1S/C41H82N2O4/c1-4-7-10-13-16-22-30-39-47-41(46)32-25-18-17-19-26-33-42(37-38-44)34-27-23-24-31-40(45)43(35-28-20-14-11-8-5-2)36-29-21-15-12-9-6-3/h44H,4-39H2,1-3H3. The molecule has 0 saturated carbocycles. The fraction of sp³-hybridized carbons (Fsp3) is 0.951. The molecular formula is C41H82N2O4. The summed E-state index contributed by atoms with van der Waals surface area (Å²) >= 11 is 0. The maximum Gasteiger partial charge on any atom is 0.305 e. The molecule has 0 aromatic carbocycles. The summed E-state index contributed by atoms with van der Waals surface area (Å²) in [5.41, 5.74) is 0. The topological polar surface area (TPSA) is 70.1 Å². The molecule has 6 nitrogen and oxygen atoms in total. The SMILES string of the molecule is CCCCCCCCCOC(=O)CCCCCCCN(CCO)CCCCCC(=O)N(CCCCCCCC)CCCCCCCC. The molecule has 280 valence electrons. The molecule has 0 unspecified atom stereocenters. The van der Waals surface area contributed by atoms with E-state index < -0.39 is 0 Å². The van der Waals surface area contributed by atoms with Crippen LogP contribution in [0.2, 0.25) is 0 Å². The van der Waals surface area contributed by atoms with Crippen molar-refractivity contribution in [2.75, 3.05) is 45.9 Å². The van der Waals surface area contributed by atoms with Gasteiger partial charge in [0.05, 0.1) is 13.2 Å². The van der Waals surface area contributed by atoms with Crippen molar-refractivity contribution in [1.29, 1.82) is 0 Å². The molecule has 0 rings (SSSR count). The monoisotopic (exact) mass is 667 g/mol. The summed E-state index contributed by atoms with van der Waals surface area (Å²) in [7, 11) is 0. The Morgan fingerprint density at radius 1 is 0.447 bits per heavy atom. The van der Waals surface area contributed by atoms with Crippen LogP contribution in [-0.2, 0) is 14.3 Å². The van der Waals surface area contributed by atoms with Gasteiger partial charge in [-0.3, -0.25) is 9.59 Å². The minimum Gasteiger partial charge on any atom is -0.466 e. The highest BCUT2D eigenvalue weighted by atomic mass is 16.5. The summed E-state index contributed by atoms with van der Waals surface area (Å²) in [4.78, 5) is 29.7. The van der Waals surface area contributed by atoms with E-state index in [0.29, 0.717) is 25.4 Å². The van der Waals surface area contributed by atoms with E-state index in [0.717, 1.165) is 103 Å². The summed E-state index contributed by atoms with van der Waals surface area (Å²) < 4.78 is 5.41. The number of carbonyl (C=O) groups is 2. The molecular weight excluding hydrogens is 584 g/mol. The molecule has 0 bridgehead atoms. The Hall–Kier alpha value is -1.14. The summed E-state index contributed by atoms with van der Waals surface area (Å²) in [6.45, 7) is 12.2. The van der Waals surface area contributed by atoms with Crippen LogP contribution in [-0.4, -0.2) is 72.7 Å². The van der Waals surface area contributed by atoms with Gasteiger partial charge in [0.1, 0.15) is 0 Å². The normalized spacial score (nSPS) is 11.4. The smallest absolute Gasteiger partial charge is 0.305 e. The maximum atomic E-state index is 13.1. The zero-order valence-corrected chi connectivity index (χ0v) is 32.0. The van der Waals surface area contributed by atoms with Crippen LogP contribution in [0.3, 0.4) is 0 Å². The van der Waals surface area contributed by atoms with Gasteiger partial charge in [-0.1, -0.05) is 149 Å². The van der Waals surface area contributed by atoms with Gasteiger partial charge in [0.2, 0.25) is 5.91 Å². The molecule has 47 heavy (non-hydrogen) atoms. The first-order valence-corrected chi connectivity index (χ1v) is 20.9. The van der Waals surface area contributed by atoms with Gasteiger partial charge in [0.15, 0.2) is 0 Å². The number of carbonyl (C=O) groups excluding carboxylic acids is 2. The Kier molecular flexibility index (Phi) is 36.8. The van der Waals surface area contributed by atoms with Crippen LogP contribution in [0.25, 0.3) is 0 Å². The third kappa shape index (κ3) is 33.1. The second kappa shape index (κ2) is 37.7. The lowest BCUT2D eigenvalue weighted by Crippen LogP contribution is -2.33. The molecule has 0 heterocycles. The van der Waals surface area contributed by atoms with Crippen LogP contribution in [0.15, 0.2) is 0 Å². The highest BCUT2D eigenvalue weighted by molar-refractivity contribution is 5.76. The van der Waals surface area contributed by atoms with Gasteiger partial charge in [-0.2, -0.15) is 0 Å². The molecule has 0 aliphatic heterocycles. The van der Waals surface area contributed by atoms with Crippen LogP contribution in [0.4, 0.5) is 0 Å². The van der Waals surface area contributed by atoms with Gasteiger partial charge in [-0.25, -0.2) is 0 Å². The van der Waals surface area contributed by atoms with E-state index in [1.807, 2.05) is 0 Å². The van der Waals surface area contributed by atoms with E-state index in [-0.39, 0.29) is 12.6 Å². The van der Waals surface area contributed by atoms with Crippen LogP contribution >= 0.6 is 0 Å². The van der Waals surface area contributed by atoms with E-state index in [2.05, 4.69) is 30.6 Å². The van der Waals surface area contributed by atoms with E-state index in [1.165, 1.54) is 103 Å². The highest BCUT2D eigenvalue weighted by Crippen LogP contribution is 2.13. The van der Waals surface area contributed by atoms with Gasteiger partial charge in [-0.15, -0.1) is 0 Å². The number of esters is 1. The largest absolute Gasteiger partial charge is 0.466 e. The fourth-order valence-electron chi connectivity index (χ4n) is 6.40. The summed E-state index contributed by atoms with van der Waals surface area (Å²) in [5.74, 6) is 0.330. The number of rotatable bonds is 38. The van der Waals surface area contributed by atoms with Crippen LogP contribution < -0.4 is 0 Å². The molecule has 1 N–H and O–H groups in total. The van der Waals surface area contributed by atoms with E-state index in [4.69, 9.17) is 4.74 Å². The number of aliphatic hydroxyl groups excluding tert-OH is 1. The van der Waals surface area contributed by atoms with Gasteiger partial charge >= 0.3 is 5.97 Å². The Balaban J connectivity index is 4.05. The van der Waals surface area contributed by atoms with Crippen molar-refractivity contribution in [2.24, 2.45) is 0 Å². The fourth-order valence-corrected chi connectivity index (χ4v) is 6.40. The lowest BCUT2D eigenvalue weighted by Gasteiger charge is -2.23. The van der Waals surface area contributed by atoms with E-state index >= 15 is 0 Å². The number of amides is 1. The molecule has 0 aliphatic carbocycles. The van der Waals surface area contributed by atoms with Gasteiger partial charge in [-0.05, 0) is 58.0 Å². The second-order valence-electron chi connectivity index (χ2n) is 14.2.